The highest BCUT2D eigenvalue weighted by molar-refractivity contribution is 8.00. The zero-order valence-corrected chi connectivity index (χ0v) is 22.2. The molecule has 0 saturated carbocycles. The standard InChI is InChI=1S/C25H29N3O9S/c1-12(29)36-10-14-11-38-22-18(21(31)28(22)19(14)23(32)33)26-20(30)17(27-24(34)37-25(2,3)4)16-6-5-13-9-35-8-7-15(13)16/h7-9,17-18,22H,5-6,10-11H2,1-4H3,(H,26,30)(H,27,34)(H,32,33). The summed E-state index contributed by atoms with van der Waals surface area (Å²) >= 11 is 1.25. The Morgan fingerprint density at radius 2 is 2.00 bits per heavy atom. The molecule has 3 N–H and O–H groups in total. The van der Waals surface area contributed by atoms with Gasteiger partial charge in [-0.05, 0) is 56.4 Å². The Bertz CT molecular complexity index is 1210. The van der Waals surface area contributed by atoms with Gasteiger partial charge in [-0.15, -0.1) is 11.8 Å². The summed E-state index contributed by atoms with van der Waals surface area (Å²) in [5.41, 5.74) is 1.55. The number of β-lactam (4-membered cyclic amide) rings is 1. The number of esters is 1. The van der Waals surface area contributed by atoms with E-state index in [4.69, 9.17) is 14.2 Å². The van der Waals surface area contributed by atoms with E-state index in [1.54, 1.807) is 33.1 Å². The number of alkyl carbamates (subject to hydrolysis) is 1. The Kier molecular flexibility index (Phi) is 7.58. The number of hydrogen-bond donors (Lipinski definition) is 3. The molecule has 1 saturated heterocycles. The molecule has 3 aliphatic heterocycles. The number of aliphatic carboxylic acids is 1. The maximum absolute atomic E-state index is 13.5. The van der Waals surface area contributed by atoms with E-state index in [0.717, 1.165) is 16.0 Å². The number of allylic oxidation sites excluding steroid dienone is 3. The lowest BCUT2D eigenvalue weighted by Crippen LogP contribution is -2.71. The summed E-state index contributed by atoms with van der Waals surface area (Å²) in [6.07, 6.45) is 5.09. The van der Waals surface area contributed by atoms with Gasteiger partial charge in [0, 0.05) is 18.2 Å². The lowest BCUT2D eigenvalue weighted by Gasteiger charge is -2.49. The first-order valence-corrected chi connectivity index (χ1v) is 13.0. The van der Waals surface area contributed by atoms with Gasteiger partial charge in [-0.25, -0.2) is 9.59 Å². The van der Waals surface area contributed by atoms with E-state index in [1.165, 1.54) is 24.9 Å². The van der Waals surface area contributed by atoms with Crippen molar-refractivity contribution in [1.29, 1.82) is 0 Å². The molecular formula is C25H29N3O9S. The van der Waals surface area contributed by atoms with Gasteiger partial charge < -0.3 is 30.0 Å². The molecule has 3 unspecified atom stereocenters. The van der Waals surface area contributed by atoms with Crippen LogP contribution in [0.2, 0.25) is 0 Å². The van der Waals surface area contributed by atoms with Crippen LogP contribution in [0.25, 0.3) is 0 Å². The van der Waals surface area contributed by atoms with Crippen molar-refractivity contribution in [3.63, 3.8) is 0 Å². The van der Waals surface area contributed by atoms with Crippen molar-refractivity contribution in [1.82, 2.24) is 15.5 Å². The van der Waals surface area contributed by atoms with Crippen molar-refractivity contribution in [2.45, 2.75) is 63.6 Å². The molecule has 0 aromatic heterocycles. The number of carbonyl (C=O) groups is 5. The molecule has 204 valence electrons. The fraction of sp³-hybridized carbons (Fsp3) is 0.480. The van der Waals surface area contributed by atoms with E-state index in [1.807, 2.05) is 0 Å². The average molecular weight is 548 g/mol. The summed E-state index contributed by atoms with van der Waals surface area (Å²) < 4.78 is 15.5. The number of nitrogens with zero attached hydrogens (tertiary/aromatic N) is 1. The molecule has 0 bridgehead atoms. The van der Waals surface area contributed by atoms with E-state index < -0.39 is 52.9 Å². The SMILES string of the molecule is CC(=O)OCC1=C(C(=O)O)N2C(=O)C(NC(=O)C(NC(=O)OC(C)(C)C)C3=C4C=COC=C4CC3)C2SC1. The molecule has 1 aliphatic carbocycles. The maximum Gasteiger partial charge on any atom is 0.408 e. The maximum atomic E-state index is 13.5. The monoisotopic (exact) mass is 547 g/mol. The van der Waals surface area contributed by atoms with Crippen molar-refractivity contribution in [2.75, 3.05) is 12.4 Å². The number of carbonyl (C=O) groups excluding carboxylic acids is 4. The number of nitrogens with one attached hydrogen (secondary N) is 2. The van der Waals surface area contributed by atoms with E-state index in [2.05, 4.69) is 10.6 Å². The number of carboxylic acids is 1. The highest BCUT2D eigenvalue weighted by atomic mass is 32.2. The first-order chi connectivity index (χ1) is 17.9. The second-order valence-electron chi connectivity index (χ2n) is 10.0. The summed E-state index contributed by atoms with van der Waals surface area (Å²) in [6, 6.07) is -2.13. The molecule has 12 nitrogen and oxygen atoms in total. The van der Waals surface area contributed by atoms with Crippen molar-refractivity contribution < 1.29 is 43.3 Å². The summed E-state index contributed by atoms with van der Waals surface area (Å²) in [6.45, 7) is 6.06. The van der Waals surface area contributed by atoms with Crippen LogP contribution in [0.3, 0.4) is 0 Å². The normalized spacial score (nSPS) is 22.9. The van der Waals surface area contributed by atoms with Gasteiger partial charge in [0.25, 0.3) is 5.91 Å². The van der Waals surface area contributed by atoms with Crippen LogP contribution in [0.15, 0.2) is 46.6 Å². The van der Waals surface area contributed by atoms with Crippen LogP contribution >= 0.6 is 11.8 Å². The molecule has 4 rings (SSSR count). The van der Waals surface area contributed by atoms with Crippen LogP contribution in [0, 0.1) is 0 Å². The van der Waals surface area contributed by atoms with Crippen LogP contribution in [0.5, 0.6) is 0 Å². The van der Waals surface area contributed by atoms with Crippen LogP contribution in [-0.4, -0.2) is 75.3 Å². The van der Waals surface area contributed by atoms with Gasteiger partial charge in [0.15, 0.2) is 0 Å². The molecule has 0 aromatic rings. The summed E-state index contributed by atoms with van der Waals surface area (Å²) in [5, 5.41) is 14.4. The number of ether oxygens (including phenoxy) is 3. The summed E-state index contributed by atoms with van der Waals surface area (Å²) in [4.78, 5) is 63.4. The number of carboxylic acid groups (broad SMARTS) is 1. The Morgan fingerprint density at radius 3 is 2.66 bits per heavy atom. The zero-order chi connectivity index (χ0) is 27.8. The number of amides is 3. The Balaban J connectivity index is 1.55. The highest BCUT2D eigenvalue weighted by Crippen LogP contribution is 2.41. The predicted molar refractivity (Wildman–Crippen MR) is 134 cm³/mol. The van der Waals surface area contributed by atoms with Crippen molar-refractivity contribution in [2.24, 2.45) is 0 Å². The van der Waals surface area contributed by atoms with Crippen LogP contribution < -0.4 is 10.6 Å². The molecule has 38 heavy (non-hydrogen) atoms. The first-order valence-electron chi connectivity index (χ1n) is 11.9. The van der Waals surface area contributed by atoms with Gasteiger partial charge in [0.2, 0.25) is 5.91 Å². The largest absolute Gasteiger partial charge is 0.477 e. The molecule has 3 amide bonds. The third-order valence-electron chi connectivity index (χ3n) is 6.15. The fourth-order valence-electron chi connectivity index (χ4n) is 4.57. The van der Waals surface area contributed by atoms with Crippen LogP contribution in [0.1, 0.15) is 40.5 Å². The molecule has 0 aromatic carbocycles. The van der Waals surface area contributed by atoms with Gasteiger partial charge in [-0.1, -0.05) is 0 Å². The Labute approximate surface area is 223 Å². The Morgan fingerprint density at radius 1 is 1.26 bits per heavy atom. The molecule has 1 fully saturated rings. The van der Waals surface area contributed by atoms with Crippen molar-refractivity contribution in [3.8, 4) is 0 Å². The van der Waals surface area contributed by atoms with Gasteiger partial charge in [-0.3, -0.25) is 19.3 Å². The lowest BCUT2D eigenvalue weighted by molar-refractivity contribution is -0.151. The molecule has 0 spiro atoms. The second-order valence-corrected chi connectivity index (χ2v) is 11.1. The van der Waals surface area contributed by atoms with E-state index in [0.29, 0.717) is 24.0 Å². The van der Waals surface area contributed by atoms with Crippen molar-refractivity contribution >= 4 is 41.6 Å². The quantitative estimate of drug-likeness (QED) is 0.316. The Hall–Kier alpha value is -3.74. The third-order valence-corrected chi connectivity index (χ3v) is 7.49. The molecule has 0 radical (unpaired) electrons. The van der Waals surface area contributed by atoms with E-state index >= 15 is 0 Å². The van der Waals surface area contributed by atoms with Crippen LogP contribution in [-0.2, 0) is 33.4 Å². The minimum atomic E-state index is -1.33. The van der Waals surface area contributed by atoms with Crippen LogP contribution in [0.4, 0.5) is 4.79 Å². The third kappa shape index (κ3) is 5.57. The summed E-state index contributed by atoms with van der Waals surface area (Å²) in [5.74, 6) is -2.94. The second kappa shape index (κ2) is 10.6. The number of fused-ring (bicyclic) bond motifs is 2. The molecular weight excluding hydrogens is 518 g/mol. The van der Waals surface area contributed by atoms with Gasteiger partial charge in [0.05, 0.1) is 12.5 Å². The van der Waals surface area contributed by atoms with Gasteiger partial charge in [0.1, 0.15) is 35.4 Å². The predicted octanol–water partition coefficient (Wildman–Crippen LogP) is 1.70. The number of rotatable bonds is 7. The topological polar surface area (TPSA) is 161 Å². The highest BCUT2D eigenvalue weighted by Gasteiger charge is 2.54. The summed E-state index contributed by atoms with van der Waals surface area (Å²) in [7, 11) is 0. The minimum absolute atomic E-state index is 0.198. The molecule has 3 heterocycles. The number of hydrogen-bond acceptors (Lipinski definition) is 9. The van der Waals surface area contributed by atoms with Gasteiger partial charge in [-0.2, -0.15) is 0 Å². The lowest BCUT2D eigenvalue weighted by atomic mass is 9.98. The van der Waals surface area contributed by atoms with Gasteiger partial charge >= 0.3 is 18.0 Å². The molecule has 13 heteroatoms. The zero-order valence-electron chi connectivity index (χ0n) is 21.4. The smallest absolute Gasteiger partial charge is 0.408 e. The molecule has 3 atom stereocenters. The van der Waals surface area contributed by atoms with E-state index in [-0.39, 0.29) is 18.1 Å². The average Bonchev–Trinajstić information content (AvgIpc) is 3.26. The van der Waals surface area contributed by atoms with Crippen molar-refractivity contribution in [3.05, 3.63) is 46.6 Å². The molecule has 4 aliphatic rings. The number of thioether (sulfide) groups is 1. The first kappa shape index (κ1) is 27.3. The fourth-order valence-corrected chi connectivity index (χ4v) is 5.89. The minimum Gasteiger partial charge on any atom is -0.477 e. The van der Waals surface area contributed by atoms with E-state index in [9.17, 15) is 29.1 Å².